The van der Waals surface area contributed by atoms with Gasteiger partial charge in [-0.15, -0.1) is 0 Å². The molecule has 0 fully saturated rings. The smallest absolute Gasteiger partial charge is 0.234 e. The highest BCUT2D eigenvalue weighted by molar-refractivity contribution is 7.99. The van der Waals surface area contributed by atoms with Crippen molar-refractivity contribution in [2.45, 2.75) is 5.16 Å². The van der Waals surface area contributed by atoms with Gasteiger partial charge in [0.05, 0.1) is 31.6 Å². The lowest BCUT2D eigenvalue weighted by Gasteiger charge is -2.10. The first-order valence-corrected chi connectivity index (χ1v) is 9.75. The normalized spacial score (nSPS) is 10.0. The molecule has 3 rings (SSSR count). The minimum atomic E-state index is -0.211. The number of methoxy groups -OCH3 is 2. The van der Waals surface area contributed by atoms with Crippen LogP contribution in [0.1, 0.15) is 5.56 Å². The van der Waals surface area contributed by atoms with E-state index in [1.54, 1.807) is 68.9 Å². The number of aromatic nitrogens is 2. The predicted molar refractivity (Wildman–Crippen MR) is 112 cm³/mol. The topological polar surface area (TPSA) is 106 Å². The zero-order chi connectivity index (χ0) is 21.3. The molecule has 0 spiro atoms. The maximum absolute atomic E-state index is 12.1. The van der Waals surface area contributed by atoms with Crippen LogP contribution in [0.25, 0.3) is 0 Å². The number of anilines is 1. The lowest BCUT2D eigenvalue weighted by molar-refractivity contribution is -0.113. The highest BCUT2D eigenvalue weighted by atomic mass is 32.2. The van der Waals surface area contributed by atoms with Crippen LogP contribution < -0.4 is 19.5 Å². The summed E-state index contributed by atoms with van der Waals surface area (Å²) in [4.78, 5) is 20.6. The molecule has 3 aromatic rings. The molecule has 1 amide bonds. The minimum absolute atomic E-state index is 0.121. The Morgan fingerprint density at radius 2 is 1.73 bits per heavy atom. The number of hydrogen-bond donors (Lipinski definition) is 1. The Hall–Kier alpha value is -3.77. The molecule has 0 aliphatic carbocycles. The third-order valence-corrected chi connectivity index (χ3v) is 4.65. The highest BCUT2D eigenvalue weighted by Crippen LogP contribution is 2.30. The summed E-state index contributed by atoms with van der Waals surface area (Å²) in [5, 5.41) is 12.0. The maximum atomic E-state index is 12.1. The van der Waals surface area contributed by atoms with Crippen LogP contribution >= 0.6 is 11.8 Å². The van der Waals surface area contributed by atoms with Crippen molar-refractivity contribution in [1.82, 2.24) is 9.97 Å². The Balaban J connectivity index is 1.60. The van der Waals surface area contributed by atoms with E-state index in [9.17, 15) is 4.79 Å². The van der Waals surface area contributed by atoms with Gasteiger partial charge in [0.25, 0.3) is 0 Å². The van der Waals surface area contributed by atoms with E-state index < -0.39 is 0 Å². The average Bonchev–Trinajstić information content (AvgIpc) is 2.78. The molecule has 0 saturated heterocycles. The van der Waals surface area contributed by atoms with Crippen LogP contribution in [0.4, 0.5) is 5.69 Å². The van der Waals surface area contributed by atoms with Crippen molar-refractivity contribution in [2.75, 3.05) is 25.3 Å². The van der Waals surface area contributed by atoms with E-state index in [0.717, 1.165) is 0 Å². The fourth-order valence-electron chi connectivity index (χ4n) is 2.37. The molecule has 152 valence electrons. The molecule has 1 heterocycles. The number of hydrogen-bond acceptors (Lipinski definition) is 8. The molecular weight excluding hydrogens is 404 g/mol. The van der Waals surface area contributed by atoms with E-state index in [2.05, 4.69) is 15.3 Å². The van der Waals surface area contributed by atoms with E-state index in [1.165, 1.54) is 11.8 Å². The molecule has 1 N–H and O–H groups in total. The van der Waals surface area contributed by atoms with E-state index in [1.807, 2.05) is 6.07 Å². The second kappa shape index (κ2) is 10.1. The number of nitrogens with one attached hydrogen (secondary N) is 1. The van der Waals surface area contributed by atoms with Crippen molar-refractivity contribution in [3.8, 4) is 29.2 Å². The molecule has 0 atom stereocenters. The van der Waals surface area contributed by atoms with Crippen LogP contribution in [0.3, 0.4) is 0 Å². The number of benzene rings is 2. The van der Waals surface area contributed by atoms with Crippen molar-refractivity contribution in [3.63, 3.8) is 0 Å². The summed E-state index contributed by atoms with van der Waals surface area (Å²) in [6, 6.07) is 15.4. The van der Waals surface area contributed by atoms with Gasteiger partial charge in [-0.05, 0) is 24.3 Å². The predicted octanol–water partition coefficient (Wildman–Crippen LogP) is 3.89. The first kappa shape index (κ1) is 21.0. The van der Waals surface area contributed by atoms with Gasteiger partial charge in [0, 0.05) is 36.1 Å². The fourth-order valence-corrected chi connectivity index (χ4v) is 2.99. The SMILES string of the molecule is COc1cc(OC)cc(Oc2ccnc(SCC(=O)Nc3ccc(C#N)cc3)n2)c1. The van der Waals surface area contributed by atoms with Crippen molar-refractivity contribution in [1.29, 1.82) is 5.26 Å². The van der Waals surface area contributed by atoms with E-state index in [-0.39, 0.29) is 11.7 Å². The van der Waals surface area contributed by atoms with Gasteiger partial charge in [-0.3, -0.25) is 4.79 Å². The van der Waals surface area contributed by atoms with Gasteiger partial charge >= 0.3 is 0 Å². The zero-order valence-corrected chi connectivity index (χ0v) is 17.1. The molecular formula is C21H18N4O4S. The highest BCUT2D eigenvalue weighted by Gasteiger charge is 2.09. The van der Waals surface area contributed by atoms with Gasteiger partial charge in [0.2, 0.25) is 11.8 Å². The van der Waals surface area contributed by atoms with Crippen molar-refractivity contribution >= 4 is 23.4 Å². The van der Waals surface area contributed by atoms with Crippen LogP contribution in [-0.2, 0) is 4.79 Å². The first-order valence-electron chi connectivity index (χ1n) is 8.76. The van der Waals surface area contributed by atoms with Crippen LogP contribution in [-0.4, -0.2) is 35.8 Å². The van der Waals surface area contributed by atoms with Crippen LogP contribution in [0, 0.1) is 11.3 Å². The largest absolute Gasteiger partial charge is 0.496 e. The molecule has 0 saturated carbocycles. The Labute approximate surface area is 177 Å². The lowest BCUT2D eigenvalue weighted by atomic mass is 10.2. The summed E-state index contributed by atoms with van der Waals surface area (Å²) in [6.45, 7) is 0. The number of rotatable bonds is 8. The van der Waals surface area contributed by atoms with Crippen molar-refractivity contribution in [2.24, 2.45) is 0 Å². The second-order valence-electron chi connectivity index (χ2n) is 5.85. The van der Waals surface area contributed by atoms with Crippen molar-refractivity contribution < 1.29 is 19.0 Å². The maximum Gasteiger partial charge on any atom is 0.234 e. The monoisotopic (exact) mass is 422 g/mol. The molecule has 0 bridgehead atoms. The number of nitrogens with zero attached hydrogens (tertiary/aromatic N) is 3. The average molecular weight is 422 g/mol. The summed E-state index contributed by atoms with van der Waals surface area (Å²) in [5.74, 6) is 1.92. The summed E-state index contributed by atoms with van der Waals surface area (Å²) in [6.07, 6.45) is 1.56. The quantitative estimate of drug-likeness (QED) is 0.430. The Bertz CT molecular complexity index is 1050. The molecule has 8 nitrogen and oxygen atoms in total. The minimum Gasteiger partial charge on any atom is -0.496 e. The summed E-state index contributed by atoms with van der Waals surface area (Å²) < 4.78 is 16.2. The number of carbonyl (C=O) groups is 1. The van der Waals surface area contributed by atoms with E-state index >= 15 is 0 Å². The third-order valence-electron chi connectivity index (χ3n) is 3.79. The molecule has 0 radical (unpaired) electrons. The van der Waals surface area contributed by atoms with Crippen molar-refractivity contribution in [3.05, 3.63) is 60.3 Å². The number of thioether (sulfide) groups is 1. The Morgan fingerprint density at radius 3 is 2.37 bits per heavy atom. The van der Waals surface area contributed by atoms with E-state index in [0.29, 0.717) is 39.5 Å². The number of amides is 1. The van der Waals surface area contributed by atoms with Gasteiger partial charge in [0.1, 0.15) is 17.2 Å². The van der Waals surface area contributed by atoms with E-state index in [4.69, 9.17) is 19.5 Å². The molecule has 30 heavy (non-hydrogen) atoms. The molecule has 0 aliphatic heterocycles. The Kier molecular flexibility index (Phi) is 7.08. The first-order chi connectivity index (χ1) is 14.6. The summed E-state index contributed by atoms with van der Waals surface area (Å²) in [5.41, 5.74) is 1.14. The van der Waals surface area contributed by atoms with Gasteiger partial charge in [-0.25, -0.2) is 4.98 Å². The molecule has 0 aliphatic rings. The Morgan fingerprint density at radius 1 is 1.07 bits per heavy atom. The van der Waals surface area contributed by atoms with Crippen LogP contribution in [0.15, 0.2) is 59.9 Å². The third kappa shape index (κ3) is 5.86. The second-order valence-corrected chi connectivity index (χ2v) is 6.80. The molecule has 2 aromatic carbocycles. The van der Waals surface area contributed by atoms with Gasteiger partial charge < -0.3 is 19.5 Å². The zero-order valence-electron chi connectivity index (χ0n) is 16.3. The number of ether oxygens (including phenoxy) is 3. The fraction of sp³-hybridized carbons (Fsp3) is 0.143. The number of carbonyl (C=O) groups excluding carboxylic acids is 1. The standard InChI is InChI=1S/C21H18N4O4S/c1-27-16-9-17(28-2)11-18(10-16)29-20-7-8-23-21(25-20)30-13-19(26)24-15-5-3-14(12-22)4-6-15/h3-11H,13H2,1-2H3,(H,24,26). The summed E-state index contributed by atoms with van der Waals surface area (Å²) in [7, 11) is 3.11. The lowest BCUT2D eigenvalue weighted by Crippen LogP contribution is -2.14. The van der Waals surface area contributed by atoms with Gasteiger partial charge in [-0.1, -0.05) is 11.8 Å². The molecule has 0 unspecified atom stereocenters. The van der Waals surface area contributed by atoms with Gasteiger partial charge in [0.15, 0.2) is 5.16 Å². The molecule has 9 heteroatoms. The van der Waals surface area contributed by atoms with Gasteiger partial charge in [-0.2, -0.15) is 10.2 Å². The number of nitriles is 1. The van der Waals surface area contributed by atoms with Crippen LogP contribution in [0.5, 0.6) is 23.1 Å². The molecule has 1 aromatic heterocycles. The summed E-state index contributed by atoms with van der Waals surface area (Å²) >= 11 is 1.18. The van der Waals surface area contributed by atoms with Crippen LogP contribution in [0.2, 0.25) is 0 Å².